The van der Waals surface area contributed by atoms with Crippen molar-refractivity contribution in [1.82, 2.24) is 9.29 Å². The molecule has 0 aromatic carbocycles. The van der Waals surface area contributed by atoms with Crippen molar-refractivity contribution in [2.75, 3.05) is 37.7 Å². The molecule has 0 unspecified atom stereocenters. The topological polar surface area (TPSA) is 79.8 Å². The van der Waals surface area contributed by atoms with Crippen molar-refractivity contribution in [3.05, 3.63) is 18.3 Å². The standard InChI is InChI=1S/C17H25N3O4S/c1-2-24-17(21)14-7-11-19(12-8-14)16-6-5-15(13-18-16)25(22,23)20-9-3-4-10-20/h5-6,13-14H,2-4,7-12H2,1H3. The van der Waals surface area contributed by atoms with Crippen molar-refractivity contribution < 1.29 is 17.9 Å². The Morgan fingerprint density at radius 3 is 2.44 bits per heavy atom. The molecule has 0 N–H and O–H groups in total. The van der Waals surface area contributed by atoms with Crippen LogP contribution < -0.4 is 4.90 Å². The van der Waals surface area contributed by atoms with Crippen LogP contribution in [-0.4, -0.2) is 56.5 Å². The van der Waals surface area contributed by atoms with Gasteiger partial charge in [0, 0.05) is 32.4 Å². The first-order chi connectivity index (χ1) is 12.0. The van der Waals surface area contributed by atoms with Gasteiger partial charge in [0.15, 0.2) is 0 Å². The van der Waals surface area contributed by atoms with Gasteiger partial charge in [0.1, 0.15) is 10.7 Å². The van der Waals surface area contributed by atoms with Gasteiger partial charge in [-0.1, -0.05) is 0 Å². The Bertz CT molecular complexity index is 691. The van der Waals surface area contributed by atoms with Crippen molar-refractivity contribution in [2.45, 2.75) is 37.5 Å². The third kappa shape index (κ3) is 3.95. The van der Waals surface area contributed by atoms with E-state index >= 15 is 0 Å². The number of piperidine rings is 1. The Morgan fingerprint density at radius 2 is 1.88 bits per heavy atom. The zero-order valence-electron chi connectivity index (χ0n) is 14.6. The Hall–Kier alpha value is -1.67. The summed E-state index contributed by atoms with van der Waals surface area (Å²) < 4.78 is 31.6. The van der Waals surface area contributed by atoms with Crippen LogP contribution in [0.4, 0.5) is 5.82 Å². The number of sulfonamides is 1. The van der Waals surface area contributed by atoms with Crippen molar-refractivity contribution in [3.63, 3.8) is 0 Å². The quantitative estimate of drug-likeness (QED) is 0.736. The lowest BCUT2D eigenvalue weighted by molar-refractivity contribution is -0.148. The molecule has 25 heavy (non-hydrogen) atoms. The minimum Gasteiger partial charge on any atom is -0.466 e. The number of nitrogens with zero attached hydrogens (tertiary/aromatic N) is 3. The monoisotopic (exact) mass is 367 g/mol. The molecular weight excluding hydrogens is 342 g/mol. The summed E-state index contributed by atoms with van der Waals surface area (Å²) in [7, 11) is -3.42. The molecule has 1 aromatic heterocycles. The average molecular weight is 367 g/mol. The second kappa shape index (κ2) is 7.70. The molecule has 1 aromatic rings. The summed E-state index contributed by atoms with van der Waals surface area (Å²) in [4.78, 5) is 18.5. The van der Waals surface area contributed by atoms with Gasteiger partial charge in [0.2, 0.25) is 10.0 Å². The Morgan fingerprint density at radius 1 is 1.20 bits per heavy atom. The molecule has 3 rings (SSSR count). The van der Waals surface area contributed by atoms with Crippen LogP contribution in [-0.2, 0) is 19.6 Å². The van der Waals surface area contributed by atoms with Gasteiger partial charge in [-0.15, -0.1) is 0 Å². The van der Waals surface area contributed by atoms with Crippen molar-refractivity contribution in [3.8, 4) is 0 Å². The fraction of sp³-hybridized carbons (Fsp3) is 0.647. The van der Waals surface area contributed by atoms with E-state index in [1.807, 2.05) is 6.92 Å². The fourth-order valence-corrected chi connectivity index (χ4v) is 4.86. The van der Waals surface area contributed by atoms with E-state index < -0.39 is 10.0 Å². The molecule has 2 aliphatic rings. The predicted molar refractivity (Wildman–Crippen MR) is 93.8 cm³/mol. The third-order valence-corrected chi connectivity index (χ3v) is 6.74. The lowest BCUT2D eigenvalue weighted by atomic mass is 9.97. The maximum atomic E-state index is 12.5. The van der Waals surface area contributed by atoms with Crippen LogP contribution in [0.5, 0.6) is 0 Å². The van der Waals surface area contributed by atoms with Gasteiger partial charge < -0.3 is 9.64 Å². The smallest absolute Gasteiger partial charge is 0.309 e. The zero-order chi connectivity index (χ0) is 17.9. The van der Waals surface area contributed by atoms with Crippen LogP contribution in [0.3, 0.4) is 0 Å². The van der Waals surface area contributed by atoms with E-state index in [9.17, 15) is 13.2 Å². The van der Waals surface area contributed by atoms with Gasteiger partial charge in [-0.05, 0) is 44.7 Å². The van der Waals surface area contributed by atoms with Gasteiger partial charge in [-0.25, -0.2) is 13.4 Å². The van der Waals surface area contributed by atoms with Gasteiger partial charge >= 0.3 is 5.97 Å². The second-order valence-corrected chi connectivity index (χ2v) is 8.41. The maximum Gasteiger partial charge on any atom is 0.309 e. The van der Waals surface area contributed by atoms with Crippen molar-refractivity contribution in [1.29, 1.82) is 0 Å². The molecule has 2 fully saturated rings. The zero-order valence-corrected chi connectivity index (χ0v) is 15.4. The number of anilines is 1. The molecule has 0 spiro atoms. The number of pyridine rings is 1. The summed E-state index contributed by atoms with van der Waals surface area (Å²) in [6.07, 6.45) is 4.74. The molecule has 2 saturated heterocycles. The van der Waals surface area contributed by atoms with E-state index in [-0.39, 0.29) is 16.8 Å². The first kappa shape index (κ1) is 18.1. The van der Waals surface area contributed by atoms with Crippen LogP contribution in [0.25, 0.3) is 0 Å². The average Bonchev–Trinajstić information content (AvgIpc) is 3.18. The van der Waals surface area contributed by atoms with Gasteiger partial charge in [0.05, 0.1) is 12.5 Å². The third-order valence-electron chi connectivity index (χ3n) is 4.86. The molecule has 0 amide bonds. The van der Waals surface area contributed by atoms with Crippen LogP contribution in [0.15, 0.2) is 23.2 Å². The largest absolute Gasteiger partial charge is 0.466 e. The van der Waals surface area contributed by atoms with Crippen molar-refractivity contribution in [2.24, 2.45) is 5.92 Å². The van der Waals surface area contributed by atoms with Gasteiger partial charge in [-0.2, -0.15) is 4.31 Å². The summed E-state index contributed by atoms with van der Waals surface area (Å²) in [6, 6.07) is 3.39. The van der Waals surface area contributed by atoms with E-state index in [1.54, 1.807) is 12.1 Å². The second-order valence-electron chi connectivity index (χ2n) is 6.48. The minimum absolute atomic E-state index is 0.0500. The fourth-order valence-electron chi connectivity index (χ4n) is 3.39. The number of carbonyl (C=O) groups is 1. The number of rotatable bonds is 5. The summed E-state index contributed by atoms with van der Waals surface area (Å²) in [5.41, 5.74) is 0. The van der Waals surface area contributed by atoms with Crippen LogP contribution >= 0.6 is 0 Å². The molecular formula is C17H25N3O4S. The normalized spacial score (nSPS) is 20.0. The first-order valence-corrected chi connectivity index (χ1v) is 10.3. The molecule has 8 heteroatoms. The van der Waals surface area contributed by atoms with Gasteiger partial charge in [-0.3, -0.25) is 4.79 Å². The number of aromatic nitrogens is 1. The summed E-state index contributed by atoms with van der Waals surface area (Å²) in [6.45, 7) is 4.84. The maximum absolute atomic E-state index is 12.5. The number of esters is 1. The van der Waals surface area contributed by atoms with Gasteiger partial charge in [0.25, 0.3) is 0 Å². The lowest BCUT2D eigenvalue weighted by Crippen LogP contribution is -2.37. The number of hydrogen-bond acceptors (Lipinski definition) is 6. The number of ether oxygens (including phenoxy) is 1. The molecule has 3 heterocycles. The molecule has 0 radical (unpaired) electrons. The Balaban J connectivity index is 1.63. The molecule has 138 valence electrons. The molecule has 0 aliphatic carbocycles. The minimum atomic E-state index is -3.42. The Kier molecular flexibility index (Phi) is 5.58. The highest BCUT2D eigenvalue weighted by Gasteiger charge is 2.29. The first-order valence-electron chi connectivity index (χ1n) is 8.90. The van der Waals surface area contributed by atoms with E-state index in [1.165, 1.54) is 10.5 Å². The highest BCUT2D eigenvalue weighted by Crippen LogP contribution is 2.25. The van der Waals surface area contributed by atoms with E-state index in [0.717, 1.165) is 31.5 Å². The molecule has 0 atom stereocenters. The summed E-state index contributed by atoms with van der Waals surface area (Å²) in [5.74, 6) is 0.580. The van der Waals surface area contributed by atoms with Crippen molar-refractivity contribution >= 4 is 21.8 Å². The van der Waals surface area contributed by atoms with Crippen LogP contribution in [0, 0.1) is 5.92 Å². The highest BCUT2D eigenvalue weighted by molar-refractivity contribution is 7.89. The lowest BCUT2D eigenvalue weighted by Gasteiger charge is -2.31. The number of hydrogen-bond donors (Lipinski definition) is 0. The molecule has 7 nitrogen and oxygen atoms in total. The molecule has 0 saturated carbocycles. The number of carbonyl (C=O) groups excluding carboxylic acids is 1. The van der Waals surface area contributed by atoms with E-state index in [2.05, 4.69) is 9.88 Å². The van der Waals surface area contributed by atoms with Crippen LogP contribution in [0.2, 0.25) is 0 Å². The summed E-state index contributed by atoms with van der Waals surface area (Å²) in [5, 5.41) is 0. The highest BCUT2D eigenvalue weighted by atomic mass is 32.2. The molecule has 2 aliphatic heterocycles. The SMILES string of the molecule is CCOC(=O)C1CCN(c2ccc(S(=O)(=O)N3CCCC3)cn2)CC1. The van der Waals surface area contributed by atoms with E-state index in [0.29, 0.717) is 32.8 Å². The molecule has 0 bridgehead atoms. The Labute approximate surface area is 149 Å². The predicted octanol–water partition coefficient (Wildman–Crippen LogP) is 1.65. The van der Waals surface area contributed by atoms with Crippen LogP contribution in [0.1, 0.15) is 32.6 Å². The van der Waals surface area contributed by atoms with E-state index in [4.69, 9.17) is 4.74 Å². The summed E-state index contributed by atoms with van der Waals surface area (Å²) >= 11 is 0.